The standard InChI is InChI=1S/C24H27N7O3/c1-3-25-21(32)19-14-34-22(28-19)15-7-5-8-16(11-15)31-13-17-9-6-10-30(17)20-18(23(31)33)12-27-24(29-20)26-4-2/h5,7-8,11-12,14,17H,3-4,6,9-10,13H2,1-2H3,(H,25,32)(H,26,27,29)/t17-/m0/s1. The van der Waals surface area contributed by atoms with E-state index < -0.39 is 0 Å². The van der Waals surface area contributed by atoms with E-state index in [1.54, 1.807) is 11.1 Å². The summed E-state index contributed by atoms with van der Waals surface area (Å²) in [5, 5.41) is 5.85. The second-order valence-electron chi connectivity index (χ2n) is 8.31. The maximum atomic E-state index is 13.7. The third-order valence-electron chi connectivity index (χ3n) is 6.10. The summed E-state index contributed by atoms with van der Waals surface area (Å²) >= 11 is 0. The summed E-state index contributed by atoms with van der Waals surface area (Å²) < 4.78 is 5.56. The number of benzene rings is 1. The number of hydrogen-bond donors (Lipinski definition) is 2. The molecule has 0 spiro atoms. The van der Waals surface area contributed by atoms with Gasteiger partial charge in [-0.2, -0.15) is 4.98 Å². The van der Waals surface area contributed by atoms with E-state index >= 15 is 0 Å². The Labute approximate surface area is 197 Å². The zero-order chi connectivity index (χ0) is 23.7. The van der Waals surface area contributed by atoms with E-state index in [0.717, 1.165) is 25.1 Å². The van der Waals surface area contributed by atoms with Gasteiger partial charge >= 0.3 is 0 Å². The molecule has 1 aromatic carbocycles. The molecule has 2 amide bonds. The highest BCUT2D eigenvalue weighted by molar-refractivity contribution is 6.10. The Hall–Kier alpha value is -3.95. The number of hydrogen-bond acceptors (Lipinski definition) is 8. The Bertz CT molecular complexity index is 1220. The Morgan fingerprint density at radius 1 is 1.24 bits per heavy atom. The predicted octanol–water partition coefficient (Wildman–Crippen LogP) is 2.94. The third kappa shape index (κ3) is 3.95. The first-order valence-electron chi connectivity index (χ1n) is 11.6. The van der Waals surface area contributed by atoms with Crippen LogP contribution < -0.4 is 20.4 Å². The predicted molar refractivity (Wildman–Crippen MR) is 128 cm³/mol. The number of fused-ring (bicyclic) bond motifs is 3. The summed E-state index contributed by atoms with van der Waals surface area (Å²) in [6, 6.07) is 7.64. The first-order chi connectivity index (χ1) is 16.6. The van der Waals surface area contributed by atoms with E-state index in [-0.39, 0.29) is 23.6 Å². The molecule has 0 saturated carbocycles. The molecule has 10 nitrogen and oxygen atoms in total. The molecule has 10 heteroatoms. The lowest BCUT2D eigenvalue weighted by Gasteiger charge is -2.27. The van der Waals surface area contributed by atoms with Gasteiger partial charge in [0.15, 0.2) is 5.69 Å². The van der Waals surface area contributed by atoms with Crippen LogP contribution in [0.4, 0.5) is 17.5 Å². The van der Waals surface area contributed by atoms with Gasteiger partial charge in [0.05, 0.1) is 0 Å². The van der Waals surface area contributed by atoms with Crippen LogP contribution in [-0.4, -0.2) is 59.0 Å². The molecule has 0 unspecified atom stereocenters. The van der Waals surface area contributed by atoms with Crippen molar-refractivity contribution in [2.75, 3.05) is 41.3 Å². The summed E-state index contributed by atoms with van der Waals surface area (Å²) in [6.07, 6.45) is 4.99. The average Bonchev–Trinajstić information content (AvgIpc) is 3.51. The van der Waals surface area contributed by atoms with Gasteiger partial charge in [-0.15, -0.1) is 0 Å². The first-order valence-corrected chi connectivity index (χ1v) is 11.6. The second kappa shape index (κ2) is 9.12. The topological polar surface area (TPSA) is 116 Å². The van der Waals surface area contributed by atoms with E-state index in [1.165, 1.54) is 6.26 Å². The summed E-state index contributed by atoms with van der Waals surface area (Å²) in [5.41, 5.74) is 2.13. The molecule has 5 rings (SSSR count). The zero-order valence-electron chi connectivity index (χ0n) is 19.2. The van der Waals surface area contributed by atoms with Crippen LogP contribution in [0.3, 0.4) is 0 Å². The van der Waals surface area contributed by atoms with Crippen LogP contribution in [-0.2, 0) is 0 Å². The van der Waals surface area contributed by atoms with Crippen LogP contribution in [0, 0.1) is 0 Å². The fourth-order valence-corrected chi connectivity index (χ4v) is 4.52. The van der Waals surface area contributed by atoms with Crippen LogP contribution in [0.2, 0.25) is 0 Å². The van der Waals surface area contributed by atoms with Crippen molar-refractivity contribution < 1.29 is 14.0 Å². The number of nitrogens with zero attached hydrogens (tertiary/aromatic N) is 5. The van der Waals surface area contributed by atoms with E-state index in [2.05, 4.69) is 30.5 Å². The number of carbonyl (C=O) groups is 2. The number of rotatable bonds is 6. The molecular formula is C24H27N7O3. The van der Waals surface area contributed by atoms with Crippen LogP contribution in [0.1, 0.15) is 47.5 Å². The zero-order valence-corrected chi connectivity index (χ0v) is 19.2. The molecule has 4 heterocycles. The van der Waals surface area contributed by atoms with Crippen molar-refractivity contribution in [2.24, 2.45) is 0 Å². The fourth-order valence-electron chi connectivity index (χ4n) is 4.52. The average molecular weight is 462 g/mol. The lowest BCUT2D eigenvalue weighted by Crippen LogP contribution is -2.39. The van der Waals surface area contributed by atoms with Crippen LogP contribution in [0.25, 0.3) is 11.5 Å². The number of aromatic nitrogens is 3. The molecule has 0 aliphatic carbocycles. The number of anilines is 3. The first kappa shape index (κ1) is 21.9. The summed E-state index contributed by atoms with van der Waals surface area (Å²) in [5.74, 6) is 1.12. The Morgan fingerprint density at radius 2 is 2.12 bits per heavy atom. The van der Waals surface area contributed by atoms with Gasteiger partial charge in [0, 0.05) is 49.7 Å². The third-order valence-corrected chi connectivity index (χ3v) is 6.10. The Balaban J connectivity index is 1.49. The van der Waals surface area contributed by atoms with Crippen molar-refractivity contribution in [3.63, 3.8) is 0 Å². The van der Waals surface area contributed by atoms with Crippen molar-refractivity contribution in [3.8, 4) is 11.5 Å². The lowest BCUT2D eigenvalue weighted by atomic mass is 10.1. The normalized spacial score (nSPS) is 17.2. The van der Waals surface area contributed by atoms with E-state index in [9.17, 15) is 9.59 Å². The molecule has 2 aromatic heterocycles. The van der Waals surface area contributed by atoms with E-state index in [1.807, 2.05) is 38.1 Å². The second-order valence-corrected chi connectivity index (χ2v) is 8.31. The van der Waals surface area contributed by atoms with Gasteiger partial charge in [-0.25, -0.2) is 9.97 Å². The molecular weight excluding hydrogens is 434 g/mol. The minimum atomic E-state index is -0.286. The molecule has 2 aliphatic heterocycles. The molecule has 0 radical (unpaired) electrons. The highest BCUT2D eigenvalue weighted by Crippen LogP contribution is 2.35. The number of amides is 2. The molecule has 2 N–H and O–H groups in total. The quantitative estimate of drug-likeness (QED) is 0.576. The van der Waals surface area contributed by atoms with Crippen molar-refractivity contribution >= 4 is 29.3 Å². The van der Waals surface area contributed by atoms with Gasteiger partial charge in [-0.05, 0) is 44.9 Å². The summed E-state index contributed by atoms with van der Waals surface area (Å²) in [6.45, 7) is 6.45. The van der Waals surface area contributed by atoms with E-state index in [0.29, 0.717) is 48.4 Å². The number of carbonyl (C=O) groups excluding carboxylic acids is 2. The summed E-state index contributed by atoms with van der Waals surface area (Å²) in [7, 11) is 0. The van der Waals surface area contributed by atoms with Gasteiger partial charge in [-0.1, -0.05) is 6.07 Å². The maximum Gasteiger partial charge on any atom is 0.273 e. The summed E-state index contributed by atoms with van der Waals surface area (Å²) in [4.78, 5) is 43.1. The largest absolute Gasteiger partial charge is 0.444 e. The molecule has 0 bridgehead atoms. The highest BCUT2D eigenvalue weighted by Gasteiger charge is 2.37. The molecule has 1 fully saturated rings. The van der Waals surface area contributed by atoms with Gasteiger partial charge in [0.25, 0.3) is 11.8 Å². The highest BCUT2D eigenvalue weighted by atomic mass is 16.3. The molecule has 3 aromatic rings. The monoisotopic (exact) mass is 461 g/mol. The van der Waals surface area contributed by atoms with Crippen LogP contribution >= 0.6 is 0 Å². The van der Waals surface area contributed by atoms with Gasteiger partial charge in [-0.3, -0.25) is 9.59 Å². The van der Waals surface area contributed by atoms with Crippen LogP contribution in [0.5, 0.6) is 0 Å². The molecule has 2 aliphatic rings. The molecule has 176 valence electrons. The number of nitrogens with one attached hydrogen (secondary N) is 2. The van der Waals surface area contributed by atoms with Gasteiger partial charge in [0.1, 0.15) is 17.6 Å². The minimum Gasteiger partial charge on any atom is -0.444 e. The van der Waals surface area contributed by atoms with Crippen molar-refractivity contribution in [1.29, 1.82) is 0 Å². The van der Waals surface area contributed by atoms with Crippen molar-refractivity contribution in [3.05, 3.63) is 48.0 Å². The molecule has 1 atom stereocenters. The van der Waals surface area contributed by atoms with Gasteiger partial charge in [0.2, 0.25) is 11.8 Å². The Morgan fingerprint density at radius 3 is 2.94 bits per heavy atom. The molecule has 1 saturated heterocycles. The smallest absolute Gasteiger partial charge is 0.273 e. The van der Waals surface area contributed by atoms with Crippen LogP contribution in [0.15, 0.2) is 41.1 Å². The minimum absolute atomic E-state index is 0.139. The van der Waals surface area contributed by atoms with Crippen molar-refractivity contribution in [1.82, 2.24) is 20.3 Å². The van der Waals surface area contributed by atoms with Gasteiger partial charge < -0.3 is 24.9 Å². The Kier molecular flexibility index (Phi) is 5.87. The fraction of sp³-hybridized carbons (Fsp3) is 0.375. The number of oxazole rings is 1. The maximum absolute atomic E-state index is 13.7. The van der Waals surface area contributed by atoms with E-state index in [4.69, 9.17) is 4.42 Å². The van der Waals surface area contributed by atoms with Crippen molar-refractivity contribution in [2.45, 2.75) is 32.7 Å². The molecule has 34 heavy (non-hydrogen) atoms. The lowest BCUT2D eigenvalue weighted by molar-refractivity contribution is 0.0949. The SMILES string of the molecule is CCNC(=O)c1coc(-c2cccc(N3C[C@@H]4CCCN4c4nc(NCC)ncc4C3=O)c2)n1.